The van der Waals surface area contributed by atoms with Crippen LogP contribution in [0.2, 0.25) is 0 Å². The number of thiophene rings is 1. The summed E-state index contributed by atoms with van der Waals surface area (Å²) in [6.45, 7) is 12.6. The van der Waals surface area contributed by atoms with Crippen LogP contribution in [0.1, 0.15) is 42.9 Å². The smallest absolute Gasteiger partial charge is 0.191 e. The maximum absolute atomic E-state index is 4.78. The summed E-state index contributed by atoms with van der Waals surface area (Å²) in [5, 5.41) is 11.2. The maximum atomic E-state index is 4.78. The van der Waals surface area contributed by atoms with Crippen molar-refractivity contribution in [2.75, 3.05) is 46.3 Å². The van der Waals surface area contributed by atoms with Crippen LogP contribution in [-0.4, -0.2) is 62.1 Å². The number of aliphatic imine (C=N–C) groups is 1. The van der Waals surface area contributed by atoms with Gasteiger partial charge in [-0.05, 0) is 72.9 Å². The maximum Gasteiger partial charge on any atom is 0.191 e. The minimum absolute atomic E-state index is 0. The van der Waals surface area contributed by atoms with Gasteiger partial charge in [0.15, 0.2) is 5.96 Å². The highest BCUT2D eigenvalue weighted by molar-refractivity contribution is 14.0. The summed E-state index contributed by atoms with van der Waals surface area (Å²) >= 11 is 1.75. The molecule has 0 aliphatic carbocycles. The van der Waals surface area contributed by atoms with Gasteiger partial charge in [0.05, 0.1) is 6.54 Å². The molecule has 3 rings (SSSR count). The second-order valence-electron chi connectivity index (χ2n) is 8.28. The van der Waals surface area contributed by atoms with Crippen LogP contribution in [0, 0.1) is 0 Å². The number of hydrogen-bond acceptors (Lipinski definition) is 4. The molecule has 1 aromatic heterocycles. The van der Waals surface area contributed by atoms with Crippen molar-refractivity contribution < 1.29 is 0 Å². The molecule has 0 bridgehead atoms. The van der Waals surface area contributed by atoms with E-state index in [4.69, 9.17) is 4.99 Å². The zero-order valence-corrected chi connectivity index (χ0v) is 22.3. The first-order valence-electron chi connectivity index (χ1n) is 11.2. The minimum Gasteiger partial charge on any atom is -0.357 e. The second kappa shape index (κ2) is 14.1. The van der Waals surface area contributed by atoms with E-state index in [0.717, 1.165) is 38.7 Å². The van der Waals surface area contributed by atoms with Crippen LogP contribution >= 0.6 is 35.3 Å². The molecule has 0 saturated carbocycles. The van der Waals surface area contributed by atoms with Gasteiger partial charge in [-0.25, -0.2) is 4.99 Å². The van der Waals surface area contributed by atoms with E-state index in [1.165, 1.54) is 36.2 Å². The molecule has 1 saturated heterocycles. The van der Waals surface area contributed by atoms with Crippen molar-refractivity contribution in [3.05, 3.63) is 57.8 Å². The molecule has 1 fully saturated rings. The number of rotatable bonds is 8. The zero-order chi connectivity index (χ0) is 21.2. The largest absolute Gasteiger partial charge is 0.357 e. The molecule has 1 atom stereocenters. The molecule has 172 valence electrons. The first-order chi connectivity index (χ1) is 14.6. The highest BCUT2D eigenvalue weighted by Crippen LogP contribution is 2.17. The van der Waals surface area contributed by atoms with Gasteiger partial charge in [0.2, 0.25) is 0 Å². The number of likely N-dealkylation sites (N-methyl/N-ethyl adjacent to an activating group) is 1. The summed E-state index contributed by atoms with van der Waals surface area (Å²) in [7, 11) is 2.22. The van der Waals surface area contributed by atoms with Crippen molar-refractivity contribution in [1.29, 1.82) is 0 Å². The Morgan fingerprint density at radius 3 is 2.55 bits per heavy atom. The lowest BCUT2D eigenvalue weighted by Crippen LogP contribution is -2.39. The first kappa shape index (κ1) is 26.1. The van der Waals surface area contributed by atoms with Gasteiger partial charge in [-0.3, -0.25) is 4.90 Å². The van der Waals surface area contributed by atoms with Crippen molar-refractivity contribution in [1.82, 2.24) is 20.4 Å². The highest BCUT2D eigenvalue weighted by atomic mass is 127. The fourth-order valence-electron chi connectivity index (χ4n) is 3.70. The van der Waals surface area contributed by atoms with Crippen molar-refractivity contribution in [2.24, 2.45) is 4.99 Å². The number of guanidine groups is 1. The standard InChI is InChI=1S/C24H37N5S.HI/c1-4-25-24(26-16-20(2)23-10-15-30-19-23)27-17-21-6-8-22(9-7-21)18-29-12-5-11-28(3)13-14-29;/h6-10,15,19-20H,4-5,11-14,16-18H2,1-3H3,(H2,25,26,27);1H. The number of benzene rings is 1. The molecule has 7 heteroatoms. The highest BCUT2D eigenvalue weighted by Gasteiger charge is 2.12. The summed E-state index contributed by atoms with van der Waals surface area (Å²) in [4.78, 5) is 9.78. The van der Waals surface area contributed by atoms with E-state index in [1.807, 2.05) is 0 Å². The number of hydrogen-bond donors (Lipinski definition) is 2. The molecule has 0 radical (unpaired) electrons. The number of halogens is 1. The molecule has 2 heterocycles. The van der Waals surface area contributed by atoms with Gasteiger partial charge in [0.1, 0.15) is 0 Å². The van der Waals surface area contributed by atoms with Gasteiger partial charge < -0.3 is 15.5 Å². The van der Waals surface area contributed by atoms with E-state index in [1.54, 1.807) is 11.3 Å². The van der Waals surface area contributed by atoms with Crippen LogP contribution in [0.15, 0.2) is 46.1 Å². The second-order valence-corrected chi connectivity index (χ2v) is 9.06. The number of nitrogens with zero attached hydrogens (tertiary/aromatic N) is 3. The van der Waals surface area contributed by atoms with Crippen molar-refractivity contribution in [3.63, 3.8) is 0 Å². The average molecular weight is 556 g/mol. The summed E-state index contributed by atoms with van der Waals surface area (Å²) in [5.41, 5.74) is 4.02. The van der Waals surface area contributed by atoms with E-state index in [9.17, 15) is 0 Å². The average Bonchev–Trinajstić information content (AvgIpc) is 3.22. The Bertz CT molecular complexity index is 763. The molecule has 2 aromatic rings. The van der Waals surface area contributed by atoms with E-state index in [0.29, 0.717) is 12.5 Å². The zero-order valence-electron chi connectivity index (χ0n) is 19.1. The van der Waals surface area contributed by atoms with Gasteiger partial charge in [0, 0.05) is 32.7 Å². The van der Waals surface area contributed by atoms with Crippen LogP contribution in [0.5, 0.6) is 0 Å². The van der Waals surface area contributed by atoms with Crippen molar-refractivity contribution >= 4 is 41.3 Å². The Hall–Kier alpha value is -1.16. The number of nitrogens with one attached hydrogen (secondary N) is 2. The molecule has 2 N–H and O–H groups in total. The Morgan fingerprint density at radius 2 is 1.84 bits per heavy atom. The van der Waals surface area contributed by atoms with Crippen LogP contribution in [0.25, 0.3) is 0 Å². The van der Waals surface area contributed by atoms with Crippen LogP contribution in [-0.2, 0) is 13.1 Å². The normalized spacial score (nSPS) is 16.9. The molecular weight excluding hydrogens is 517 g/mol. The molecule has 31 heavy (non-hydrogen) atoms. The minimum atomic E-state index is 0. The topological polar surface area (TPSA) is 42.9 Å². The summed E-state index contributed by atoms with van der Waals surface area (Å²) in [6.07, 6.45) is 1.26. The third kappa shape index (κ3) is 9.08. The SMILES string of the molecule is CCNC(=NCc1ccc(CN2CCCN(C)CC2)cc1)NCC(C)c1ccsc1.I. The van der Waals surface area contributed by atoms with Gasteiger partial charge in [-0.15, -0.1) is 24.0 Å². The fourth-order valence-corrected chi connectivity index (χ4v) is 4.48. The quantitative estimate of drug-likeness (QED) is 0.289. The Labute approximate surface area is 209 Å². The lowest BCUT2D eigenvalue weighted by atomic mass is 10.1. The molecule has 0 spiro atoms. The van der Waals surface area contributed by atoms with E-state index in [-0.39, 0.29) is 24.0 Å². The molecular formula is C24H38IN5S. The first-order valence-corrected chi connectivity index (χ1v) is 12.1. The van der Waals surface area contributed by atoms with Crippen LogP contribution < -0.4 is 10.6 Å². The predicted octanol–water partition coefficient (Wildman–Crippen LogP) is 4.36. The lowest BCUT2D eigenvalue weighted by Gasteiger charge is -2.20. The molecule has 0 amide bonds. The Balaban J connectivity index is 0.00000341. The summed E-state index contributed by atoms with van der Waals surface area (Å²) in [5.74, 6) is 1.36. The molecule has 1 unspecified atom stereocenters. The summed E-state index contributed by atoms with van der Waals surface area (Å²) in [6, 6.07) is 11.2. The Morgan fingerprint density at radius 1 is 1.06 bits per heavy atom. The third-order valence-electron chi connectivity index (χ3n) is 5.69. The summed E-state index contributed by atoms with van der Waals surface area (Å²) < 4.78 is 0. The Kier molecular flexibility index (Phi) is 11.9. The predicted molar refractivity (Wildman–Crippen MR) is 145 cm³/mol. The van der Waals surface area contributed by atoms with Gasteiger partial charge in [0.25, 0.3) is 0 Å². The lowest BCUT2D eigenvalue weighted by molar-refractivity contribution is 0.269. The monoisotopic (exact) mass is 555 g/mol. The van der Waals surface area contributed by atoms with E-state index >= 15 is 0 Å². The molecule has 1 aromatic carbocycles. The molecule has 5 nitrogen and oxygen atoms in total. The van der Waals surface area contributed by atoms with Gasteiger partial charge in [-0.1, -0.05) is 31.2 Å². The van der Waals surface area contributed by atoms with Crippen molar-refractivity contribution in [3.8, 4) is 0 Å². The van der Waals surface area contributed by atoms with Crippen LogP contribution in [0.4, 0.5) is 0 Å². The fraction of sp³-hybridized carbons (Fsp3) is 0.542. The van der Waals surface area contributed by atoms with Crippen LogP contribution in [0.3, 0.4) is 0 Å². The van der Waals surface area contributed by atoms with Gasteiger partial charge in [-0.2, -0.15) is 11.3 Å². The van der Waals surface area contributed by atoms with E-state index in [2.05, 4.69) is 82.4 Å². The van der Waals surface area contributed by atoms with E-state index < -0.39 is 0 Å². The molecule has 1 aliphatic heterocycles. The third-order valence-corrected chi connectivity index (χ3v) is 6.39. The van der Waals surface area contributed by atoms with Crippen molar-refractivity contribution in [2.45, 2.75) is 39.3 Å². The van der Waals surface area contributed by atoms with Gasteiger partial charge >= 0.3 is 0 Å². The molecule has 1 aliphatic rings.